The van der Waals surface area contributed by atoms with E-state index in [2.05, 4.69) is 17.4 Å². The molecule has 0 spiro atoms. The van der Waals surface area contributed by atoms with E-state index in [-0.39, 0.29) is 6.54 Å². The topological polar surface area (TPSA) is 87.7 Å². The molecule has 0 atom stereocenters. The van der Waals surface area contributed by atoms with Crippen LogP contribution in [0.3, 0.4) is 0 Å². The number of rotatable bonds is 9. The van der Waals surface area contributed by atoms with Gasteiger partial charge in [-0.15, -0.1) is 11.3 Å². The molecule has 0 saturated heterocycles. The molecule has 30 heavy (non-hydrogen) atoms. The highest BCUT2D eigenvalue weighted by atomic mass is 32.2. The molecule has 2 aromatic carbocycles. The van der Waals surface area contributed by atoms with Gasteiger partial charge in [-0.3, -0.25) is 20.0 Å². The Balaban J connectivity index is 1.65. The van der Waals surface area contributed by atoms with Crippen molar-refractivity contribution < 1.29 is 17.9 Å². The van der Waals surface area contributed by atoms with Crippen LogP contribution in [0.15, 0.2) is 78.7 Å². The second-order valence-corrected chi connectivity index (χ2v) is 9.16. The fourth-order valence-electron chi connectivity index (χ4n) is 2.53. The lowest BCUT2D eigenvalue weighted by molar-refractivity contribution is -0.120. The van der Waals surface area contributed by atoms with Crippen LogP contribution in [0.1, 0.15) is 4.88 Å². The van der Waals surface area contributed by atoms with Crippen LogP contribution in [0.25, 0.3) is 5.70 Å². The number of sulfonamides is 1. The first-order valence-electron chi connectivity index (χ1n) is 8.91. The summed E-state index contributed by atoms with van der Waals surface area (Å²) in [6.45, 7) is 3.45. The van der Waals surface area contributed by atoms with Gasteiger partial charge in [-0.1, -0.05) is 30.8 Å². The molecule has 0 aliphatic rings. The van der Waals surface area contributed by atoms with E-state index in [0.29, 0.717) is 22.9 Å². The molecule has 3 rings (SSSR count). The molecule has 3 aromatic rings. The fraction of sp³-hybridized carbons (Fsp3) is 0.0952. The Hall–Kier alpha value is -3.30. The van der Waals surface area contributed by atoms with Crippen molar-refractivity contribution in [2.75, 3.05) is 17.1 Å². The quantitative estimate of drug-likeness (QED) is 0.494. The third-order valence-electron chi connectivity index (χ3n) is 3.96. The van der Waals surface area contributed by atoms with E-state index in [0.717, 1.165) is 15.4 Å². The number of nitrogens with zero attached hydrogens (tertiary/aromatic N) is 1. The maximum atomic E-state index is 12.3. The first kappa shape index (κ1) is 21.4. The highest BCUT2D eigenvalue weighted by molar-refractivity contribution is 7.92. The smallest absolute Gasteiger partial charge is 0.259 e. The van der Waals surface area contributed by atoms with Crippen LogP contribution in [0, 0.1) is 0 Å². The lowest BCUT2D eigenvalue weighted by Gasteiger charge is -2.22. The van der Waals surface area contributed by atoms with Crippen molar-refractivity contribution >= 4 is 38.7 Å². The number of thiophene rings is 1. The maximum absolute atomic E-state index is 12.3. The Morgan fingerprint density at radius 3 is 2.27 bits per heavy atom. The zero-order valence-corrected chi connectivity index (χ0v) is 17.9. The average molecular weight is 444 g/mol. The summed E-state index contributed by atoms with van der Waals surface area (Å²) in [6, 6.07) is 19.4. The Morgan fingerprint density at radius 1 is 1.00 bits per heavy atom. The molecule has 156 valence electrons. The SMILES string of the molecule is C=C(NNC(=O)CN(c1ccc(Oc2ccccc2)cc1)S(C)(=O)=O)c1cccs1. The molecule has 1 aromatic heterocycles. The Morgan fingerprint density at radius 2 is 1.67 bits per heavy atom. The molecule has 0 aliphatic carbocycles. The predicted octanol–water partition coefficient (Wildman–Crippen LogP) is 3.60. The van der Waals surface area contributed by atoms with Crippen molar-refractivity contribution in [3.63, 3.8) is 0 Å². The van der Waals surface area contributed by atoms with Crippen LogP contribution in [0.5, 0.6) is 11.5 Å². The number of benzene rings is 2. The van der Waals surface area contributed by atoms with Crippen LogP contribution in [0.4, 0.5) is 5.69 Å². The van der Waals surface area contributed by atoms with E-state index in [1.54, 1.807) is 24.3 Å². The molecule has 0 bridgehead atoms. The van der Waals surface area contributed by atoms with Gasteiger partial charge >= 0.3 is 0 Å². The van der Waals surface area contributed by atoms with E-state index >= 15 is 0 Å². The maximum Gasteiger partial charge on any atom is 0.259 e. The normalized spacial score (nSPS) is 10.8. The number of nitrogens with one attached hydrogen (secondary N) is 2. The predicted molar refractivity (Wildman–Crippen MR) is 120 cm³/mol. The van der Waals surface area contributed by atoms with Crippen molar-refractivity contribution in [1.29, 1.82) is 0 Å². The van der Waals surface area contributed by atoms with E-state index in [9.17, 15) is 13.2 Å². The second-order valence-electron chi connectivity index (χ2n) is 6.31. The number of ether oxygens (including phenoxy) is 1. The largest absolute Gasteiger partial charge is 0.457 e. The zero-order valence-electron chi connectivity index (χ0n) is 16.2. The molecule has 9 heteroatoms. The number of hydrazine groups is 1. The Kier molecular flexibility index (Phi) is 6.76. The van der Waals surface area contributed by atoms with Gasteiger partial charge in [0.15, 0.2) is 0 Å². The first-order chi connectivity index (χ1) is 14.3. The molecule has 1 heterocycles. The average Bonchev–Trinajstić information content (AvgIpc) is 3.26. The number of anilines is 1. The summed E-state index contributed by atoms with van der Waals surface area (Å²) in [5.74, 6) is 0.696. The molecule has 7 nitrogen and oxygen atoms in total. The zero-order chi connectivity index (χ0) is 21.6. The minimum atomic E-state index is -3.68. The summed E-state index contributed by atoms with van der Waals surface area (Å²) in [5, 5.41) is 1.89. The van der Waals surface area contributed by atoms with Gasteiger partial charge in [-0.2, -0.15) is 0 Å². The fourth-order valence-corrected chi connectivity index (χ4v) is 4.04. The molecular formula is C21H21N3O4S2. The molecule has 2 N–H and O–H groups in total. The van der Waals surface area contributed by atoms with Crippen LogP contribution in [-0.4, -0.2) is 27.1 Å². The van der Waals surface area contributed by atoms with E-state index < -0.39 is 15.9 Å². The van der Waals surface area contributed by atoms with Crippen molar-refractivity contribution in [1.82, 2.24) is 10.9 Å². The van der Waals surface area contributed by atoms with Gasteiger partial charge in [0.25, 0.3) is 5.91 Å². The molecule has 0 radical (unpaired) electrons. The minimum absolute atomic E-state index is 0.352. The molecule has 0 saturated carbocycles. The summed E-state index contributed by atoms with van der Waals surface area (Å²) >= 11 is 1.47. The summed E-state index contributed by atoms with van der Waals surface area (Å²) in [6.07, 6.45) is 1.05. The lowest BCUT2D eigenvalue weighted by atomic mass is 10.3. The Bertz CT molecular complexity index is 1100. The standard InChI is InChI=1S/C21H21N3O4S2/c1-16(20-9-6-14-29-20)22-23-21(25)15-24(30(2,26)27)17-10-12-19(13-11-17)28-18-7-4-3-5-8-18/h3-14,22H,1,15H2,2H3,(H,23,25). The molecule has 0 unspecified atom stereocenters. The molecule has 0 fully saturated rings. The number of carbonyl (C=O) groups is 1. The lowest BCUT2D eigenvalue weighted by Crippen LogP contribution is -2.44. The monoisotopic (exact) mass is 443 g/mol. The van der Waals surface area contributed by atoms with Gasteiger partial charge in [0, 0.05) is 0 Å². The summed E-state index contributed by atoms with van der Waals surface area (Å²) in [4.78, 5) is 13.2. The van der Waals surface area contributed by atoms with Crippen molar-refractivity contribution in [3.05, 3.63) is 83.6 Å². The van der Waals surface area contributed by atoms with Gasteiger partial charge in [0.05, 0.1) is 22.5 Å². The number of para-hydroxylation sites is 1. The summed E-state index contributed by atoms with van der Waals surface area (Å²) in [5.41, 5.74) is 6.05. The third kappa shape index (κ3) is 5.85. The summed E-state index contributed by atoms with van der Waals surface area (Å²) in [7, 11) is -3.68. The molecule has 1 amide bonds. The van der Waals surface area contributed by atoms with Gasteiger partial charge in [-0.25, -0.2) is 8.42 Å². The minimum Gasteiger partial charge on any atom is -0.457 e. The third-order valence-corrected chi connectivity index (χ3v) is 6.03. The second kappa shape index (κ2) is 9.47. The van der Waals surface area contributed by atoms with Gasteiger partial charge in [0.1, 0.15) is 18.0 Å². The van der Waals surface area contributed by atoms with Gasteiger partial charge in [-0.05, 0) is 47.8 Å². The molecule has 0 aliphatic heterocycles. The Labute approximate surface area is 179 Å². The van der Waals surface area contributed by atoms with Crippen LogP contribution >= 0.6 is 11.3 Å². The van der Waals surface area contributed by atoms with E-state index in [4.69, 9.17) is 4.74 Å². The van der Waals surface area contributed by atoms with E-state index in [1.807, 2.05) is 47.8 Å². The first-order valence-corrected chi connectivity index (χ1v) is 11.6. The van der Waals surface area contributed by atoms with Gasteiger partial charge < -0.3 is 4.74 Å². The molecular weight excluding hydrogens is 422 g/mol. The van der Waals surface area contributed by atoms with E-state index in [1.165, 1.54) is 11.3 Å². The number of amides is 1. The van der Waals surface area contributed by atoms with Gasteiger partial charge in [0.2, 0.25) is 10.0 Å². The van der Waals surface area contributed by atoms with Crippen LogP contribution < -0.4 is 19.9 Å². The van der Waals surface area contributed by atoms with Crippen molar-refractivity contribution in [3.8, 4) is 11.5 Å². The van der Waals surface area contributed by atoms with Crippen molar-refractivity contribution in [2.45, 2.75) is 0 Å². The highest BCUT2D eigenvalue weighted by Crippen LogP contribution is 2.25. The highest BCUT2D eigenvalue weighted by Gasteiger charge is 2.21. The number of hydrogen-bond acceptors (Lipinski definition) is 6. The number of carbonyl (C=O) groups excluding carboxylic acids is 1. The number of hydrogen-bond donors (Lipinski definition) is 2. The summed E-state index contributed by atoms with van der Waals surface area (Å²) < 4.78 is 31.2. The van der Waals surface area contributed by atoms with Crippen LogP contribution in [-0.2, 0) is 14.8 Å². The van der Waals surface area contributed by atoms with Crippen molar-refractivity contribution in [2.24, 2.45) is 0 Å². The van der Waals surface area contributed by atoms with Crippen LogP contribution in [0.2, 0.25) is 0 Å².